The first-order valence-electron chi connectivity index (χ1n) is 7.38. The van der Waals surface area contributed by atoms with E-state index in [1.807, 2.05) is 13.8 Å². The van der Waals surface area contributed by atoms with Crippen molar-refractivity contribution >= 4 is 11.9 Å². The molecule has 1 heterocycles. The molecule has 8 heteroatoms. The summed E-state index contributed by atoms with van der Waals surface area (Å²) in [6.45, 7) is 4.93. The maximum atomic E-state index is 11.4. The summed E-state index contributed by atoms with van der Waals surface area (Å²) >= 11 is 0. The van der Waals surface area contributed by atoms with E-state index in [1.165, 1.54) is 0 Å². The molecule has 0 saturated carbocycles. The van der Waals surface area contributed by atoms with Crippen LogP contribution in [0.4, 0.5) is 0 Å². The molecule has 1 fully saturated rings. The molecule has 1 aliphatic heterocycles. The van der Waals surface area contributed by atoms with E-state index in [4.69, 9.17) is 14.9 Å². The number of aliphatic hydroxyl groups excluding tert-OH is 2. The molecule has 1 saturated heterocycles. The summed E-state index contributed by atoms with van der Waals surface area (Å²) in [7, 11) is 0. The Bertz CT molecular complexity index is 416. The van der Waals surface area contributed by atoms with E-state index >= 15 is 0 Å². The van der Waals surface area contributed by atoms with Gasteiger partial charge in [0.1, 0.15) is 6.61 Å². The summed E-state index contributed by atoms with van der Waals surface area (Å²) in [6, 6.07) is -0.900. The van der Waals surface area contributed by atoms with Crippen LogP contribution in [-0.4, -0.2) is 62.9 Å². The van der Waals surface area contributed by atoms with Gasteiger partial charge in [-0.25, -0.2) is 4.79 Å². The lowest BCUT2D eigenvalue weighted by atomic mass is 9.80. The zero-order chi connectivity index (χ0) is 17.1. The normalized spacial score (nSPS) is 34.7. The van der Waals surface area contributed by atoms with Crippen molar-refractivity contribution in [1.29, 1.82) is 0 Å². The molecule has 1 rings (SSSR count). The molecular weight excluding hydrogens is 294 g/mol. The highest BCUT2D eigenvalue weighted by atomic mass is 16.7. The monoisotopic (exact) mass is 319 g/mol. The van der Waals surface area contributed by atoms with E-state index in [0.29, 0.717) is 0 Å². The summed E-state index contributed by atoms with van der Waals surface area (Å²) in [5, 5.41) is 40.6. The van der Waals surface area contributed by atoms with Gasteiger partial charge in [0.25, 0.3) is 5.79 Å². The fourth-order valence-electron chi connectivity index (χ4n) is 2.65. The summed E-state index contributed by atoms with van der Waals surface area (Å²) in [6.07, 6.45) is -1.98. The van der Waals surface area contributed by atoms with Gasteiger partial charge >= 0.3 is 5.97 Å². The van der Waals surface area contributed by atoms with Gasteiger partial charge in [0.2, 0.25) is 5.91 Å². The molecule has 128 valence electrons. The first-order chi connectivity index (χ1) is 10.2. The van der Waals surface area contributed by atoms with Crippen molar-refractivity contribution in [1.82, 2.24) is 5.32 Å². The zero-order valence-electron chi connectivity index (χ0n) is 13.0. The van der Waals surface area contributed by atoms with Gasteiger partial charge in [0, 0.05) is 6.42 Å². The molecule has 0 aromatic carbocycles. The number of carboxylic acids is 1. The second-order valence-corrected chi connectivity index (χ2v) is 5.94. The molecule has 22 heavy (non-hydrogen) atoms. The van der Waals surface area contributed by atoms with Crippen LogP contribution in [0.1, 0.15) is 33.6 Å². The third-order valence-electron chi connectivity index (χ3n) is 4.45. The third kappa shape index (κ3) is 3.95. The number of amides is 1. The molecular formula is C14H25NO7. The van der Waals surface area contributed by atoms with Crippen LogP contribution in [0.2, 0.25) is 0 Å². The molecule has 0 spiro atoms. The van der Waals surface area contributed by atoms with Gasteiger partial charge in [-0.1, -0.05) is 27.2 Å². The minimum absolute atomic E-state index is 0.113. The second-order valence-electron chi connectivity index (χ2n) is 5.94. The zero-order valence-corrected chi connectivity index (χ0v) is 13.0. The molecule has 0 aliphatic carbocycles. The maximum absolute atomic E-state index is 11.4. The van der Waals surface area contributed by atoms with Gasteiger partial charge in [0.15, 0.2) is 0 Å². The molecule has 0 aromatic rings. The minimum atomic E-state index is -2.49. The van der Waals surface area contributed by atoms with Gasteiger partial charge in [-0.2, -0.15) is 0 Å². The first kappa shape index (κ1) is 18.8. The fraction of sp³-hybridized carbons (Fsp3) is 0.857. The molecule has 0 bridgehead atoms. The number of rotatable bonds is 6. The Labute approximate surface area is 129 Å². The topological polar surface area (TPSA) is 136 Å². The SMILES string of the molecule is CCC(C)C(C)C1O[C@@](O)(C(=O)O)CC(O)[C@H]1NC(=O)CO. The highest BCUT2D eigenvalue weighted by Gasteiger charge is 2.52. The molecule has 5 N–H and O–H groups in total. The molecule has 0 radical (unpaired) electrons. The maximum Gasteiger partial charge on any atom is 0.364 e. The number of ether oxygens (including phenoxy) is 1. The number of carbonyl (C=O) groups is 2. The van der Waals surface area contributed by atoms with Crippen LogP contribution in [0.3, 0.4) is 0 Å². The third-order valence-corrected chi connectivity index (χ3v) is 4.45. The van der Waals surface area contributed by atoms with Crippen LogP contribution >= 0.6 is 0 Å². The van der Waals surface area contributed by atoms with Crippen molar-refractivity contribution in [3.05, 3.63) is 0 Å². The van der Waals surface area contributed by atoms with E-state index < -0.39 is 48.9 Å². The van der Waals surface area contributed by atoms with Gasteiger partial charge in [-0.3, -0.25) is 4.79 Å². The van der Waals surface area contributed by atoms with E-state index in [1.54, 1.807) is 6.92 Å². The van der Waals surface area contributed by atoms with Crippen LogP contribution in [0.5, 0.6) is 0 Å². The number of carbonyl (C=O) groups excluding carboxylic acids is 1. The van der Waals surface area contributed by atoms with Crippen molar-refractivity contribution in [2.75, 3.05) is 6.61 Å². The lowest BCUT2D eigenvalue weighted by Crippen LogP contribution is -2.65. The lowest BCUT2D eigenvalue weighted by Gasteiger charge is -2.45. The molecule has 8 nitrogen and oxygen atoms in total. The van der Waals surface area contributed by atoms with Gasteiger partial charge in [-0.15, -0.1) is 0 Å². The average molecular weight is 319 g/mol. The van der Waals surface area contributed by atoms with Crippen LogP contribution in [0.25, 0.3) is 0 Å². The minimum Gasteiger partial charge on any atom is -0.477 e. The smallest absolute Gasteiger partial charge is 0.364 e. The number of nitrogens with one attached hydrogen (secondary N) is 1. The van der Waals surface area contributed by atoms with E-state index in [-0.39, 0.29) is 11.8 Å². The molecule has 4 unspecified atom stereocenters. The number of hydrogen-bond donors (Lipinski definition) is 5. The predicted molar refractivity (Wildman–Crippen MR) is 75.7 cm³/mol. The van der Waals surface area contributed by atoms with Gasteiger partial charge < -0.3 is 30.5 Å². The summed E-state index contributed by atoms with van der Waals surface area (Å²) < 4.78 is 5.35. The Morgan fingerprint density at radius 1 is 1.41 bits per heavy atom. The Hall–Kier alpha value is -1.22. The number of carboxylic acid groups (broad SMARTS) is 1. The molecule has 1 amide bonds. The molecule has 1 aliphatic rings. The van der Waals surface area contributed by atoms with Gasteiger partial charge in [0.05, 0.1) is 18.2 Å². The number of aliphatic hydroxyl groups is 3. The largest absolute Gasteiger partial charge is 0.477 e. The number of aliphatic carboxylic acids is 1. The Kier molecular flexibility index (Phi) is 6.30. The van der Waals surface area contributed by atoms with Crippen LogP contribution in [0.15, 0.2) is 0 Å². The predicted octanol–water partition coefficient (Wildman–Crippen LogP) is -0.931. The van der Waals surface area contributed by atoms with Crippen LogP contribution < -0.4 is 5.32 Å². The second kappa shape index (κ2) is 7.36. The van der Waals surface area contributed by atoms with E-state index in [2.05, 4.69) is 5.32 Å². The summed E-state index contributed by atoms with van der Waals surface area (Å²) in [5.74, 6) is -4.89. The lowest BCUT2D eigenvalue weighted by molar-refractivity contribution is -0.286. The van der Waals surface area contributed by atoms with Crippen molar-refractivity contribution in [2.24, 2.45) is 11.8 Å². The molecule has 6 atom stereocenters. The molecule has 0 aromatic heterocycles. The Morgan fingerprint density at radius 2 is 2.00 bits per heavy atom. The summed E-state index contributed by atoms with van der Waals surface area (Å²) in [4.78, 5) is 22.6. The van der Waals surface area contributed by atoms with E-state index in [0.717, 1.165) is 6.42 Å². The Morgan fingerprint density at radius 3 is 2.45 bits per heavy atom. The fourth-order valence-corrected chi connectivity index (χ4v) is 2.65. The van der Waals surface area contributed by atoms with Crippen molar-refractivity contribution in [2.45, 2.75) is 57.6 Å². The average Bonchev–Trinajstić information content (AvgIpc) is 2.47. The van der Waals surface area contributed by atoms with Crippen LogP contribution in [0, 0.1) is 11.8 Å². The highest BCUT2D eigenvalue weighted by molar-refractivity contribution is 5.78. The number of hydrogen-bond acceptors (Lipinski definition) is 6. The van der Waals surface area contributed by atoms with Crippen LogP contribution in [-0.2, 0) is 14.3 Å². The van der Waals surface area contributed by atoms with Gasteiger partial charge in [-0.05, 0) is 11.8 Å². The van der Waals surface area contributed by atoms with E-state index in [9.17, 15) is 19.8 Å². The van der Waals surface area contributed by atoms with Crippen molar-refractivity contribution < 1.29 is 34.8 Å². The first-order valence-corrected chi connectivity index (χ1v) is 7.38. The quantitative estimate of drug-likeness (QED) is 0.426. The Balaban J connectivity index is 3.07. The highest BCUT2D eigenvalue weighted by Crippen LogP contribution is 2.34. The summed E-state index contributed by atoms with van der Waals surface area (Å²) in [5.41, 5.74) is 0. The van der Waals surface area contributed by atoms with Crippen molar-refractivity contribution in [3.63, 3.8) is 0 Å². The standard InChI is InChI=1S/C14H25NO7/c1-4-7(2)8(3)12-11(15-10(18)6-16)9(17)5-14(21,22-12)13(19)20/h7-9,11-12,16-17,21H,4-6H2,1-3H3,(H,15,18)(H,19,20)/t7?,8?,9?,11-,12?,14-/m1/s1. The van der Waals surface area contributed by atoms with Crippen molar-refractivity contribution in [3.8, 4) is 0 Å².